The van der Waals surface area contributed by atoms with E-state index in [-0.39, 0.29) is 11.9 Å². The number of nitrogens with one attached hydrogen (secondary N) is 2. The number of amides is 1. The Bertz CT molecular complexity index is 938. The van der Waals surface area contributed by atoms with E-state index in [1.165, 1.54) is 0 Å². The highest BCUT2D eigenvalue weighted by Gasteiger charge is 2.25. The number of methoxy groups -OCH3 is 1. The zero-order valence-electron chi connectivity index (χ0n) is 15.0. The molecule has 1 aliphatic carbocycles. The fourth-order valence-corrected chi connectivity index (χ4v) is 2.65. The van der Waals surface area contributed by atoms with E-state index in [1.54, 1.807) is 13.2 Å². The number of benzene rings is 2. The predicted octanol–water partition coefficient (Wildman–Crippen LogP) is 3.79. The molecule has 1 aromatic heterocycles. The van der Waals surface area contributed by atoms with Crippen LogP contribution in [0.15, 0.2) is 60.7 Å². The van der Waals surface area contributed by atoms with Gasteiger partial charge < -0.3 is 15.4 Å². The third-order valence-electron chi connectivity index (χ3n) is 4.27. The van der Waals surface area contributed by atoms with Gasteiger partial charge in [-0.05, 0) is 37.1 Å². The lowest BCUT2D eigenvalue weighted by atomic mass is 10.2. The minimum absolute atomic E-state index is 0.171. The number of carbonyl (C=O) groups is 1. The number of anilines is 2. The Kier molecular flexibility index (Phi) is 4.70. The van der Waals surface area contributed by atoms with Crippen molar-refractivity contribution in [3.8, 4) is 17.1 Å². The van der Waals surface area contributed by atoms with Gasteiger partial charge in [-0.3, -0.25) is 4.79 Å². The van der Waals surface area contributed by atoms with Gasteiger partial charge in [-0.2, -0.15) is 0 Å². The summed E-state index contributed by atoms with van der Waals surface area (Å²) in [6.45, 7) is 0. The van der Waals surface area contributed by atoms with Gasteiger partial charge in [0.2, 0.25) is 0 Å². The minimum atomic E-state index is -0.171. The van der Waals surface area contributed by atoms with Crippen LogP contribution in [0.2, 0.25) is 0 Å². The molecule has 1 heterocycles. The summed E-state index contributed by atoms with van der Waals surface area (Å²) >= 11 is 0. The average molecular weight is 360 g/mol. The SMILES string of the molecule is COc1ccc(Nc2cc(C(=O)NC3CC3)nc(-c3ccccc3)n2)cc1. The molecule has 2 N–H and O–H groups in total. The zero-order valence-corrected chi connectivity index (χ0v) is 15.0. The van der Waals surface area contributed by atoms with Crippen molar-refractivity contribution in [2.45, 2.75) is 18.9 Å². The molecule has 136 valence electrons. The van der Waals surface area contributed by atoms with Crippen molar-refractivity contribution in [1.29, 1.82) is 0 Å². The Balaban J connectivity index is 1.66. The predicted molar refractivity (Wildman–Crippen MR) is 104 cm³/mol. The van der Waals surface area contributed by atoms with Crippen LogP contribution in [0.25, 0.3) is 11.4 Å². The Morgan fingerprint density at radius 3 is 2.44 bits per heavy atom. The van der Waals surface area contributed by atoms with Gasteiger partial charge in [0, 0.05) is 23.4 Å². The Morgan fingerprint density at radius 2 is 1.78 bits per heavy atom. The lowest BCUT2D eigenvalue weighted by Crippen LogP contribution is -2.26. The number of ether oxygens (including phenoxy) is 1. The van der Waals surface area contributed by atoms with E-state index in [0.717, 1.165) is 29.8 Å². The molecular formula is C21H20N4O2. The molecule has 0 atom stereocenters. The molecule has 1 fully saturated rings. The number of hydrogen-bond acceptors (Lipinski definition) is 5. The summed E-state index contributed by atoms with van der Waals surface area (Å²) < 4.78 is 5.18. The van der Waals surface area contributed by atoms with Crippen molar-refractivity contribution in [3.05, 3.63) is 66.4 Å². The van der Waals surface area contributed by atoms with Crippen LogP contribution in [-0.4, -0.2) is 29.0 Å². The number of hydrogen-bond donors (Lipinski definition) is 2. The molecule has 0 saturated heterocycles. The van der Waals surface area contributed by atoms with E-state index in [2.05, 4.69) is 20.6 Å². The van der Waals surface area contributed by atoms with Crippen LogP contribution >= 0.6 is 0 Å². The summed E-state index contributed by atoms with van der Waals surface area (Å²) in [6.07, 6.45) is 2.05. The van der Waals surface area contributed by atoms with E-state index in [0.29, 0.717) is 17.3 Å². The van der Waals surface area contributed by atoms with Crippen molar-refractivity contribution in [2.75, 3.05) is 12.4 Å². The summed E-state index contributed by atoms with van der Waals surface area (Å²) in [7, 11) is 1.63. The summed E-state index contributed by atoms with van der Waals surface area (Å²) in [4.78, 5) is 21.6. The largest absolute Gasteiger partial charge is 0.497 e. The maximum Gasteiger partial charge on any atom is 0.270 e. The van der Waals surface area contributed by atoms with Crippen LogP contribution in [0.3, 0.4) is 0 Å². The van der Waals surface area contributed by atoms with E-state index in [9.17, 15) is 4.79 Å². The van der Waals surface area contributed by atoms with Gasteiger partial charge in [-0.1, -0.05) is 30.3 Å². The number of carbonyl (C=O) groups excluding carboxylic acids is 1. The molecule has 6 nitrogen and oxygen atoms in total. The molecule has 4 rings (SSSR count). The first-order chi connectivity index (χ1) is 13.2. The summed E-state index contributed by atoms with van der Waals surface area (Å²) in [6, 6.07) is 19.1. The van der Waals surface area contributed by atoms with Crippen LogP contribution in [-0.2, 0) is 0 Å². The topological polar surface area (TPSA) is 76.1 Å². The molecule has 1 saturated carbocycles. The average Bonchev–Trinajstić information content (AvgIpc) is 3.53. The van der Waals surface area contributed by atoms with Crippen molar-refractivity contribution >= 4 is 17.4 Å². The van der Waals surface area contributed by atoms with Gasteiger partial charge >= 0.3 is 0 Å². The third kappa shape index (κ3) is 4.23. The maximum absolute atomic E-state index is 12.5. The normalized spacial score (nSPS) is 13.1. The van der Waals surface area contributed by atoms with Gasteiger partial charge in [-0.15, -0.1) is 0 Å². The lowest BCUT2D eigenvalue weighted by molar-refractivity contribution is 0.0946. The van der Waals surface area contributed by atoms with E-state index < -0.39 is 0 Å². The van der Waals surface area contributed by atoms with E-state index >= 15 is 0 Å². The molecule has 6 heteroatoms. The molecule has 0 unspecified atom stereocenters. The van der Waals surface area contributed by atoms with Crippen LogP contribution in [0.4, 0.5) is 11.5 Å². The minimum Gasteiger partial charge on any atom is -0.497 e. The van der Waals surface area contributed by atoms with E-state index in [1.807, 2.05) is 54.6 Å². The molecule has 0 spiro atoms. The highest BCUT2D eigenvalue weighted by molar-refractivity contribution is 5.94. The third-order valence-corrected chi connectivity index (χ3v) is 4.27. The fraction of sp³-hybridized carbons (Fsp3) is 0.190. The standard InChI is InChI=1S/C21H20N4O2/c1-27-17-11-9-15(10-12-17)22-19-13-18(21(26)23-16-7-8-16)24-20(25-19)14-5-3-2-4-6-14/h2-6,9-13,16H,7-8H2,1H3,(H,23,26)(H,22,24,25). The molecule has 0 radical (unpaired) electrons. The fourth-order valence-electron chi connectivity index (χ4n) is 2.65. The van der Waals surface area contributed by atoms with Crippen LogP contribution in [0.1, 0.15) is 23.3 Å². The number of rotatable bonds is 6. The van der Waals surface area contributed by atoms with Gasteiger partial charge in [0.15, 0.2) is 5.82 Å². The summed E-state index contributed by atoms with van der Waals surface area (Å²) in [5, 5.41) is 6.22. The monoisotopic (exact) mass is 360 g/mol. The highest BCUT2D eigenvalue weighted by atomic mass is 16.5. The van der Waals surface area contributed by atoms with Gasteiger partial charge in [0.05, 0.1) is 7.11 Å². The second-order valence-electron chi connectivity index (χ2n) is 6.43. The summed E-state index contributed by atoms with van der Waals surface area (Å²) in [5.41, 5.74) is 2.06. The van der Waals surface area contributed by atoms with E-state index in [4.69, 9.17) is 4.74 Å². The number of nitrogens with zero attached hydrogens (tertiary/aromatic N) is 2. The molecule has 1 amide bonds. The Hall–Kier alpha value is -3.41. The molecular weight excluding hydrogens is 340 g/mol. The first kappa shape index (κ1) is 17.0. The molecule has 1 aliphatic rings. The first-order valence-electron chi connectivity index (χ1n) is 8.88. The van der Waals surface area contributed by atoms with Crippen molar-refractivity contribution in [1.82, 2.24) is 15.3 Å². The van der Waals surface area contributed by atoms with Crippen molar-refractivity contribution < 1.29 is 9.53 Å². The molecule has 3 aromatic rings. The maximum atomic E-state index is 12.5. The lowest BCUT2D eigenvalue weighted by Gasteiger charge is -2.11. The van der Waals surface area contributed by atoms with Crippen LogP contribution in [0.5, 0.6) is 5.75 Å². The second kappa shape index (κ2) is 7.45. The smallest absolute Gasteiger partial charge is 0.270 e. The Labute approximate surface area is 157 Å². The summed E-state index contributed by atoms with van der Waals surface area (Å²) in [5.74, 6) is 1.68. The molecule has 0 bridgehead atoms. The van der Waals surface area contributed by atoms with Gasteiger partial charge in [-0.25, -0.2) is 9.97 Å². The number of aromatic nitrogens is 2. The van der Waals surface area contributed by atoms with Crippen LogP contribution < -0.4 is 15.4 Å². The van der Waals surface area contributed by atoms with Gasteiger partial charge in [0.1, 0.15) is 17.3 Å². The second-order valence-corrected chi connectivity index (χ2v) is 6.43. The molecule has 0 aliphatic heterocycles. The zero-order chi connectivity index (χ0) is 18.6. The molecule has 2 aromatic carbocycles. The van der Waals surface area contributed by atoms with Crippen LogP contribution in [0, 0.1) is 0 Å². The van der Waals surface area contributed by atoms with Crippen molar-refractivity contribution in [2.24, 2.45) is 0 Å². The first-order valence-corrected chi connectivity index (χ1v) is 8.88. The highest BCUT2D eigenvalue weighted by Crippen LogP contribution is 2.23. The van der Waals surface area contributed by atoms with Gasteiger partial charge in [0.25, 0.3) is 5.91 Å². The van der Waals surface area contributed by atoms with Crippen molar-refractivity contribution in [3.63, 3.8) is 0 Å². The molecule has 27 heavy (non-hydrogen) atoms. The Morgan fingerprint density at radius 1 is 1.04 bits per heavy atom. The quantitative estimate of drug-likeness (QED) is 0.699.